The van der Waals surface area contributed by atoms with Crippen LogP contribution in [0.4, 0.5) is 0 Å². The molecule has 0 aromatic carbocycles. The molecule has 1 rings (SSSR count). The summed E-state index contributed by atoms with van der Waals surface area (Å²) >= 11 is 0. The molecular formula is C12H22N2O3. The lowest BCUT2D eigenvalue weighted by atomic mass is 10.0. The average Bonchev–Trinajstić information content (AvgIpc) is 3.12. The molecule has 2 amide bonds. The van der Waals surface area contributed by atoms with Gasteiger partial charge in [-0.15, -0.1) is 0 Å². The van der Waals surface area contributed by atoms with Crippen molar-refractivity contribution in [2.24, 2.45) is 5.41 Å². The molecule has 17 heavy (non-hydrogen) atoms. The van der Waals surface area contributed by atoms with Gasteiger partial charge in [-0.1, -0.05) is 0 Å². The molecule has 0 atom stereocenters. The molecule has 0 aliphatic heterocycles. The van der Waals surface area contributed by atoms with Gasteiger partial charge in [0.15, 0.2) is 0 Å². The molecule has 5 nitrogen and oxygen atoms in total. The first-order valence-electron chi connectivity index (χ1n) is 6.19. The van der Waals surface area contributed by atoms with Crippen LogP contribution in [0.1, 0.15) is 26.7 Å². The number of rotatable bonds is 7. The van der Waals surface area contributed by atoms with Gasteiger partial charge in [-0.2, -0.15) is 0 Å². The lowest BCUT2D eigenvalue weighted by molar-refractivity contribution is -0.144. The van der Waals surface area contributed by atoms with Crippen molar-refractivity contribution in [2.75, 3.05) is 33.4 Å². The second-order valence-corrected chi connectivity index (χ2v) is 4.31. The molecule has 5 heteroatoms. The zero-order valence-corrected chi connectivity index (χ0v) is 10.9. The average molecular weight is 242 g/mol. The van der Waals surface area contributed by atoms with Crippen LogP contribution in [0.15, 0.2) is 0 Å². The zero-order valence-electron chi connectivity index (χ0n) is 10.9. The molecule has 0 saturated heterocycles. The van der Waals surface area contributed by atoms with E-state index < -0.39 is 5.41 Å². The Morgan fingerprint density at radius 1 is 1.29 bits per heavy atom. The Morgan fingerprint density at radius 3 is 2.29 bits per heavy atom. The van der Waals surface area contributed by atoms with E-state index in [-0.39, 0.29) is 11.8 Å². The smallest absolute Gasteiger partial charge is 0.238 e. The van der Waals surface area contributed by atoms with Crippen LogP contribution >= 0.6 is 0 Å². The van der Waals surface area contributed by atoms with Crippen molar-refractivity contribution in [1.82, 2.24) is 10.2 Å². The van der Waals surface area contributed by atoms with E-state index in [0.717, 1.165) is 0 Å². The molecule has 1 saturated carbocycles. The number of nitrogens with one attached hydrogen (secondary N) is 1. The molecule has 1 aliphatic rings. The quantitative estimate of drug-likeness (QED) is 0.519. The number of ether oxygens (including phenoxy) is 1. The van der Waals surface area contributed by atoms with Crippen LogP contribution in [-0.2, 0) is 14.3 Å². The fraction of sp³-hybridized carbons (Fsp3) is 0.833. The number of hydrogen-bond acceptors (Lipinski definition) is 3. The SMILES string of the molecule is CCN(CC)C(=O)C1(C(=O)NCCOC)CC1. The molecule has 0 radical (unpaired) electrons. The molecule has 0 aromatic heterocycles. The van der Waals surface area contributed by atoms with E-state index in [2.05, 4.69) is 5.32 Å². The van der Waals surface area contributed by atoms with Crippen LogP contribution in [-0.4, -0.2) is 50.1 Å². The molecule has 0 spiro atoms. The first kappa shape index (κ1) is 14.0. The summed E-state index contributed by atoms with van der Waals surface area (Å²) in [6.07, 6.45) is 1.34. The Bertz CT molecular complexity index is 283. The third kappa shape index (κ3) is 2.97. The number of nitrogens with zero attached hydrogens (tertiary/aromatic N) is 1. The zero-order chi connectivity index (χ0) is 12.9. The number of methoxy groups -OCH3 is 1. The van der Waals surface area contributed by atoms with Gasteiger partial charge >= 0.3 is 0 Å². The Labute approximate surface area is 102 Å². The largest absolute Gasteiger partial charge is 0.383 e. The maximum absolute atomic E-state index is 12.2. The summed E-state index contributed by atoms with van der Waals surface area (Å²) in [5, 5.41) is 2.76. The standard InChI is InChI=1S/C12H22N2O3/c1-4-14(5-2)11(16)12(6-7-12)10(15)13-8-9-17-3/h4-9H2,1-3H3,(H,13,15). The van der Waals surface area contributed by atoms with Crippen LogP contribution in [0, 0.1) is 5.41 Å². The van der Waals surface area contributed by atoms with Crippen LogP contribution in [0.3, 0.4) is 0 Å². The predicted molar refractivity (Wildman–Crippen MR) is 64.5 cm³/mol. The highest BCUT2D eigenvalue weighted by atomic mass is 16.5. The maximum Gasteiger partial charge on any atom is 0.238 e. The van der Waals surface area contributed by atoms with E-state index in [0.29, 0.717) is 39.1 Å². The summed E-state index contributed by atoms with van der Waals surface area (Å²) in [5.41, 5.74) is -0.778. The minimum atomic E-state index is -0.778. The van der Waals surface area contributed by atoms with Crippen molar-refractivity contribution in [2.45, 2.75) is 26.7 Å². The Balaban J connectivity index is 2.55. The van der Waals surface area contributed by atoms with E-state index in [1.54, 1.807) is 12.0 Å². The molecular weight excluding hydrogens is 220 g/mol. The van der Waals surface area contributed by atoms with E-state index in [1.165, 1.54) is 0 Å². The van der Waals surface area contributed by atoms with Crippen LogP contribution in [0.25, 0.3) is 0 Å². The summed E-state index contributed by atoms with van der Waals surface area (Å²) in [6, 6.07) is 0. The topological polar surface area (TPSA) is 58.6 Å². The molecule has 1 fully saturated rings. The Morgan fingerprint density at radius 2 is 1.88 bits per heavy atom. The van der Waals surface area contributed by atoms with E-state index >= 15 is 0 Å². The lowest BCUT2D eigenvalue weighted by Crippen LogP contribution is -2.45. The predicted octanol–water partition coefficient (Wildman–Crippen LogP) is 0.398. The summed E-state index contributed by atoms with van der Waals surface area (Å²) in [7, 11) is 1.58. The number of amides is 2. The number of carbonyl (C=O) groups is 2. The van der Waals surface area contributed by atoms with Gasteiger partial charge in [0, 0.05) is 26.7 Å². The Hall–Kier alpha value is -1.10. The van der Waals surface area contributed by atoms with Gasteiger partial charge in [0.05, 0.1) is 6.61 Å². The molecule has 1 N–H and O–H groups in total. The van der Waals surface area contributed by atoms with Gasteiger partial charge in [0.25, 0.3) is 0 Å². The summed E-state index contributed by atoms with van der Waals surface area (Å²) < 4.78 is 4.87. The van der Waals surface area contributed by atoms with Crippen LogP contribution in [0.5, 0.6) is 0 Å². The van der Waals surface area contributed by atoms with E-state index in [4.69, 9.17) is 4.74 Å². The van der Waals surface area contributed by atoms with E-state index in [9.17, 15) is 9.59 Å². The van der Waals surface area contributed by atoms with Gasteiger partial charge in [-0.3, -0.25) is 9.59 Å². The summed E-state index contributed by atoms with van der Waals surface area (Å²) in [4.78, 5) is 25.9. The van der Waals surface area contributed by atoms with Gasteiger partial charge in [0.2, 0.25) is 11.8 Å². The molecule has 0 aromatic rings. The highest BCUT2D eigenvalue weighted by Gasteiger charge is 2.57. The van der Waals surface area contributed by atoms with Crippen molar-refractivity contribution in [3.63, 3.8) is 0 Å². The minimum absolute atomic E-state index is 0.0302. The van der Waals surface area contributed by atoms with Crippen molar-refractivity contribution < 1.29 is 14.3 Å². The third-order valence-corrected chi connectivity index (χ3v) is 3.24. The van der Waals surface area contributed by atoms with E-state index in [1.807, 2.05) is 13.8 Å². The molecule has 1 aliphatic carbocycles. The molecule has 0 unspecified atom stereocenters. The second kappa shape index (κ2) is 6.00. The molecule has 0 heterocycles. The van der Waals surface area contributed by atoms with Crippen molar-refractivity contribution in [3.05, 3.63) is 0 Å². The van der Waals surface area contributed by atoms with Gasteiger partial charge in [0.1, 0.15) is 5.41 Å². The van der Waals surface area contributed by atoms with Crippen LogP contribution < -0.4 is 5.32 Å². The van der Waals surface area contributed by atoms with Gasteiger partial charge in [-0.05, 0) is 26.7 Å². The van der Waals surface area contributed by atoms with Crippen molar-refractivity contribution >= 4 is 11.8 Å². The fourth-order valence-corrected chi connectivity index (χ4v) is 1.91. The third-order valence-electron chi connectivity index (χ3n) is 3.24. The summed E-state index contributed by atoms with van der Waals surface area (Å²) in [6.45, 7) is 6.11. The highest BCUT2D eigenvalue weighted by molar-refractivity contribution is 6.07. The van der Waals surface area contributed by atoms with Gasteiger partial charge in [-0.25, -0.2) is 0 Å². The van der Waals surface area contributed by atoms with Crippen LogP contribution in [0.2, 0.25) is 0 Å². The fourth-order valence-electron chi connectivity index (χ4n) is 1.91. The number of carbonyl (C=O) groups excluding carboxylic acids is 2. The number of hydrogen-bond donors (Lipinski definition) is 1. The maximum atomic E-state index is 12.2. The Kier molecular flexibility index (Phi) is 4.93. The second-order valence-electron chi connectivity index (χ2n) is 4.31. The highest BCUT2D eigenvalue weighted by Crippen LogP contribution is 2.47. The first-order valence-corrected chi connectivity index (χ1v) is 6.19. The van der Waals surface area contributed by atoms with Crippen molar-refractivity contribution in [1.29, 1.82) is 0 Å². The summed E-state index contributed by atoms with van der Waals surface area (Å²) in [5.74, 6) is -0.177. The normalized spacial score (nSPS) is 16.4. The first-order chi connectivity index (χ1) is 8.12. The molecule has 98 valence electrons. The van der Waals surface area contributed by atoms with Gasteiger partial charge < -0.3 is 15.0 Å². The monoisotopic (exact) mass is 242 g/mol. The lowest BCUT2D eigenvalue weighted by Gasteiger charge is -2.24. The minimum Gasteiger partial charge on any atom is -0.383 e. The van der Waals surface area contributed by atoms with Crippen molar-refractivity contribution in [3.8, 4) is 0 Å². The molecule has 0 bridgehead atoms.